The van der Waals surface area contributed by atoms with E-state index < -0.39 is 87.6 Å². The second kappa shape index (κ2) is 13.3. The van der Waals surface area contributed by atoms with Gasteiger partial charge in [0.05, 0.1) is 22.5 Å². The van der Waals surface area contributed by atoms with Crippen molar-refractivity contribution in [3.05, 3.63) is 94.5 Å². The summed E-state index contributed by atoms with van der Waals surface area (Å²) in [6, 6.07) is 6.45. The number of aliphatic hydroxyl groups is 2. The van der Waals surface area contributed by atoms with E-state index in [0.717, 1.165) is 36.4 Å². The Morgan fingerprint density at radius 3 is 1.29 bits per heavy atom. The van der Waals surface area contributed by atoms with Gasteiger partial charge in [0.2, 0.25) is 0 Å². The van der Waals surface area contributed by atoms with Crippen molar-refractivity contribution in [1.29, 1.82) is 0 Å². The predicted octanol–water partition coefficient (Wildman–Crippen LogP) is 1.96. The molecule has 2 aliphatic rings. The Morgan fingerprint density at radius 2 is 0.979 bits per heavy atom. The molecule has 0 spiro atoms. The Hall–Kier alpha value is -6.22. The van der Waals surface area contributed by atoms with Crippen molar-refractivity contribution in [2.75, 3.05) is 10.9 Å². The van der Waals surface area contributed by atoms with E-state index in [1.165, 1.54) is 12.1 Å². The molecule has 0 bridgehead atoms. The summed E-state index contributed by atoms with van der Waals surface area (Å²) in [5, 5.41) is 46.0. The van der Waals surface area contributed by atoms with Crippen molar-refractivity contribution in [3.63, 3.8) is 0 Å². The third-order valence-electron chi connectivity index (χ3n) is 6.21. The first-order valence-electron chi connectivity index (χ1n) is 12.7. The first-order valence-corrected chi connectivity index (χ1v) is 15.6. The minimum atomic E-state index is -4.96. The number of hydrazone groups is 2. The topological polar surface area (TPSA) is 307 Å². The largest absolute Gasteiger partial charge is 0.505 e. The van der Waals surface area contributed by atoms with Crippen LogP contribution in [-0.4, -0.2) is 81.3 Å². The van der Waals surface area contributed by atoms with Crippen molar-refractivity contribution in [2.45, 2.75) is 9.79 Å². The van der Waals surface area contributed by atoms with Crippen LogP contribution < -0.4 is 10.9 Å². The molecular formula is C28H20N4O14S2. The summed E-state index contributed by atoms with van der Waals surface area (Å²) < 4.78 is 68.4. The quantitative estimate of drug-likeness (QED) is 0.0760. The van der Waals surface area contributed by atoms with Crippen LogP contribution in [0.1, 0.15) is 11.1 Å². The molecule has 0 atom stereocenters. The van der Waals surface area contributed by atoms with E-state index in [9.17, 15) is 65.5 Å². The molecule has 0 fully saturated rings. The van der Waals surface area contributed by atoms with E-state index in [1.807, 2.05) is 0 Å². The number of anilines is 2. The normalized spacial score (nSPS) is 17.1. The van der Waals surface area contributed by atoms with Crippen LogP contribution in [0.3, 0.4) is 0 Å². The van der Waals surface area contributed by atoms with Gasteiger partial charge in [0.15, 0.2) is 11.6 Å². The van der Waals surface area contributed by atoms with Crippen molar-refractivity contribution in [2.24, 2.45) is 10.2 Å². The highest BCUT2D eigenvalue weighted by Crippen LogP contribution is 2.27. The molecule has 248 valence electrons. The highest BCUT2D eigenvalue weighted by Gasteiger charge is 2.26. The number of hydrogen-bond donors (Lipinski definition) is 8. The molecule has 48 heavy (non-hydrogen) atoms. The molecule has 2 aromatic rings. The molecular weight excluding hydrogens is 680 g/mol. The number of carbonyl (C=O) groups excluding carboxylic acids is 2. The first kappa shape index (κ1) is 34.6. The number of nitrogens with zero attached hydrogens (tertiary/aromatic N) is 2. The lowest BCUT2D eigenvalue weighted by Crippen LogP contribution is -2.21. The number of ketones is 2. The van der Waals surface area contributed by atoms with Gasteiger partial charge in [-0.1, -0.05) is 24.3 Å². The van der Waals surface area contributed by atoms with Crippen LogP contribution in [0.15, 0.2) is 103 Å². The molecule has 0 amide bonds. The second-order valence-corrected chi connectivity index (χ2v) is 12.3. The second-order valence-electron chi connectivity index (χ2n) is 9.52. The maximum atomic E-state index is 12.2. The molecule has 0 radical (unpaired) electrons. The summed E-state index contributed by atoms with van der Waals surface area (Å²) in [5.41, 5.74) is 1.52. The van der Waals surface area contributed by atoms with E-state index >= 15 is 0 Å². The highest BCUT2D eigenvalue weighted by atomic mass is 32.2. The van der Waals surface area contributed by atoms with Crippen LogP contribution >= 0.6 is 0 Å². The summed E-state index contributed by atoms with van der Waals surface area (Å²) in [5.74, 6) is -6.37. The number of carbonyl (C=O) groups is 4. The van der Waals surface area contributed by atoms with E-state index in [4.69, 9.17) is 0 Å². The maximum absolute atomic E-state index is 12.2. The van der Waals surface area contributed by atoms with Crippen LogP contribution in [-0.2, 0) is 39.4 Å². The first-order chi connectivity index (χ1) is 22.3. The number of allylic oxidation sites excluding steroid dienone is 6. The zero-order valence-electron chi connectivity index (χ0n) is 23.6. The average Bonchev–Trinajstić information content (AvgIpc) is 2.97. The fraction of sp³-hybridized carbons (Fsp3) is 0. The molecule has 8 N–H and O–H groups in total. The summed E-state index contributed by atoms with van der Waals surface area (Å²) in [7, 11) is -9.93. The third kappa shape index (κ3) is 7.94. The van der Waals surface area contributed by atoms with Crippen LogP contribution in [0.2, 0.25) is 0 Å². The number of aliphatic hydroxyl groups excluding tert-OH is 2. The number of carboxylic acid groups (broad SMARTS) is 2. The summed E-state index contributed by atoms with van der Waals surface area (Å²) in [6.45, 7) is 0. The summed E-state index contributed by atoms with van der Waals surface area (Å²) in [4.78, 5) is 44.5. The highest BCUT2D eigenvalue weighted by molar-refractivity contribution is 7.86. The summed E-state index contributed by atoms with van der Waals surface area (Å²) >= 11 is 0. The lowest BCUT2D eigenvalue weighted by molar-refractivity contribution is -0.133. The Morgan fingerprint density at radius 1 is 0.625 bits per heavy atom. The standard InChI is InChI=1S/C28H20N4O14S2/c33-17-9-19(27(37)38)25(21(35)11-17)31-29-15-5-3-13(23(7-15)47(41,42)43)1-2-14-4-6-16(8-24(14)48(44,45)46)30-32-26-20(28(39)40)10-18(34)12-22(26)36/h1-12,29-30,35-36H,(H,37,38)(H,39,40)(H,41,42,43)(H,44,45,46)/b2-1+,31-25+,32-26+. The molecule has 0 saturated heterocycles. The molecule has 20 heteroatoms. The third-order valence-corrected chi connectivity index (χ3v) is 8.03. The van der Waals surface area contributed by atoms with Crippen molar-refractivity contribution < 1.29 is 65.5 Å². The Kier molecular flexibility index (Phi) is 9.57. The van der Waals surface area contributed by atoms with Gasteiger partial charge in [-0.05, 0) is 35.4 Å². The minimum Gasteiger partial charge on any atom is -0.505 e. The SMILES string of the molecule is O=C1C=C(O)/C(=N/Nc2ccc(/C=C/c3ccc(N/N=C4/C(O)=CC(=O)C=C4C(=O)O)cc3S(=O)(=O)O)c(S(=O)(=O)O)c2)C(C(=O)O)=C1. The Bertz CT molecular complexity index is 2090. The van der Waals surface area contributed by atoms with Crippen LogP contribution in [0.4, 0.5) is 11.4 Å². The fourth-order valence-corrected chi connectivity index (χ4v) is 5.52. The molecule has 0 heterocycles. The molecule has 18 nitrogen and oxygen atoms in total. The summed E-state index contributed by atoms with van der Waals surface area (Å²) in [6.07, 6.45) is 4.94. The Labute approximate surface area is 269 Å². The van der Waals surface area contributed by atoms with Crippen molar-refractivity contribution >= 4 is 78.7 Å². The van der Waals surface area contributed by atoms with Gasteiger partial charge in [-0.2, -0.15) is 27.0 Å². The van der Waals surface area contributed by atoms with Crippen LogP contribution in [0.25, 0.3) is 12.2 Å². The van der Waals surface area contributed by atoms with Crippen LogP contribution in [0, 0.1) is 0 Å². The lowest BCUT2D eigenvalue weighted by atomic mass is 10.0. The molecule has 2 aromatic carbocycles. The molecule has 0 aliphatic heterocycles. The van der Waals surface area contributed by atoms with Crippen LogP contribution in [0.5, 0.6) is 0 Å². The van der Waals surface area contributed by atoms with Crippen molar-refractivity contribution in [1.82, 2.24) is 0 Å². The van der Waals surface area contributed by atoms with Crippen molar-refractivity contribution in [3.8, 4) is 0 Å². The smallest absolute Gasteiger partial charge is 0.338 e. The van der Waals surface area contributed by atoms with E-state index in [2.05, 4.69) is 21.1 Å². The Balaban J connectivity index is 1.67. The van der Waals surface area contributed by atoms with E-state index in [0.29, 0.717) is 24.3 Å². The average molecular weight is 701 g/mol. The van der Waals surface area contributed by atoms with Gasteiger partial charge >= 0.3 is 11.9 Å². The molecule has 4 rings (SSSR count). The fourth-order valence-electron chi connectivity index (χ4n) is 4.10. The van der Waals surface area contributed by atoms with E-state index in [-0.39, 0.29) is 22.5 Å². The number of nitrogens with one attached hydrogen (secondary N) is 2. The van der Waals surface area contributed by atoms with Gasteiger partial charge in [-0.25, -0.2) is 9.59 Å². The molecule has 0 unspecified atom stereocenters. The number of hydrogen-bond acceptors (Lipinski definition) is 14. The number of benzene rings is 2. The lowest BCUT2D eigenvalue weighted by Gasteiger charge is -2.12. The number of aliphatic carboxylic acids is 2. The zero-order valence-corrected chi connectivity index (χ0v) is 25.2. The monoisotopic (exact) mass is 700 g/mol. The van der Waals surface area contributed by atoms with Gasteiger partial charge in [0.25, 0.3) is 20.2 Å². The van der Waals surface area contributed by atoms with Gasteiger partial charge in [-0.3, -0.25) is 29.5 Å². The number of rotatable bonds is 10. The minimum absolute atomic E-state index is 0.138. The molecule has 2 aliphatic carbocycles. The zero-order chi connectivity index (χ0) is 35.6. The van der Waals surface area contributed by atoms with Gasteiger partial charge < -0.3 is 20.4 Å². The maximum Gasteiger partial charge on any atom is 0.338 e. The number of carboxylic acids is 2. The van der Waals surface area contributed by atoms with Gasteiger partial charge in [0.1, 0.15) is 32.7 Å². The predicted molar refractivity (Wildman–Crippen MR) is 166 cm³/mol. The molecule has 0 saturated carbocycles. The molecule has 0 aromatic heterocycles. The van der Waals surface area contributed by atoms with E-state index in [1.54, 1.807) is 0 Å². The van der Waals surface area contributed by atoms with Gasteiger partial charge in [0, 0.05) is 24.3 Å². The van der Waals surface area contributed by atoms with Gasteiger partial charge in [-0.15, -0.1) is 0 Å².